The van der Waals surface area contributed by atoms with Crippen LogP contribution in [0, 0.1) is 6.92 Å². The molecule has 0 atom stereocenters. The molecule has 0 amide bonds. The van der Waals surface area contributed by atoms with Crippen molar-refractivity contribution < 1.29 is 9.59 Å². The highest BCUT2D eigenvalue weighted by Gasteiger charge is 2.11. The molecule has 3 heteroatoms. The van der Waals surface area contributed by atoms with Gasteiger partial charge in [0.1, 0.15) is 5.78 Å². The van der Waals surface area contributed by atoms with E-state index in [9.17, 15) is 9.59 Å². The van der Waals surface area contributed by atoms with E-state index in [1.807, 2.05) is 13.0 Å². The Hall–Kier alpha value is -0.960. The van der Waals surface area contributed by atoms with E-state index in [-0.39, 0.29) is 18.0 Å². The zero-order valence-corrected chi connectivity index (χ0v) is 8.61. The van der Waals surface area contributed by atoms with Crippen LogP contribution in [0.4, 0.5) is 0 Å². The minimum Gasteiger partial charge on any atom is -0.299 e. The van der Waals surface area contributed by atoms with Gasteiger partial charge in [-0.05, 0) is 19.1 Å². The first-order valence-corrected chi connectivity index (χ1v) is 5.06. The van der Waals surface area contributed by atoms with Crippen LogP contribution in [0.1, 0.15) is 34.3 Å². The number of Topliss-reactive ketones (excluding diaryl/α,β-unsaturated/α-hetero) is 2. The number of rotatable bonds is 4. The lowest BCUT2D eigenvalue weighted by atomic mass is 10.1. The predicted octanol–water partition coefficient (Wildman–Crippen LogP) is 2.61. The summed E-state index contributed by atoms with van der Waals surface area (Å²) in [6.07, 6.45) is 0.493. The lowest BCUT2D eigenvalue weighted by Crippen LogP contribution is -2.05. The van der Waals surface area contributed by atoms with E-state index < -0.39 is 0 Å². The maximum atomic E-state index is 11.4. The molecule has 13 heavy (non-hydrogen) atoms. The molecule has 0 saturated heterocycles. The van der Waals surface area contributed by atoms with E-state index >= 15 is 0 Å². The second-order valence-electron chi connectivity index (χ2n) is 2.90. The van der Waals surface area contributed by atoms with E-state index in [2.05, 4.69) is 0 Å². The van der Waals surface area contributed by atoms with E-state index in [1.54, 1.807) is 13.0 Å². The van der Waals surface area contributed by atoms with Crippen molar-refractivity contribution in [3.05, 3.63) is 21.9 Å². The topological polar surface area (TPSA) is 34.1 Å². The normalized spacial score (nSPS) is 10.0. The fourth-order valence-corrected chi connectivity index (χ4v) is 1.78. The summed E-state index contributed by atoms with van der Waals surface area (Å²) in [6, 6.07) is 3.68. The molecule has 0 aliphatic carbocycles. The molecule has 1 heterocycles. The monoisotopic (exact) mass is 196 g/mol. The zero-order chi connectivity index (χ0) is 9.84. The average Bonchev–Trinajstić information content (AvgIpc) is 2.51. The summed E-state index contributed by atoms with van der Waals surface area (Å²) in [5.74, 6) is -0.0407. The van der Waals surface area contributed by atoms with Crippen molar-refractivity contribution in [1.29, 1.82) is 0 Å². The van der Waals surface area contributed by atoms with Gasteiger partial charge in [-0.15, -0.1) is 11.3 Å². The third-order valence-corrected chi connectivity index (χ3v) is 2.81. The molecule has 0 unspecified atom stereocenters. The molecule has 2 nitrogen and oxygen atoms in total. The number of aryl methyl sites for hydroxylation is 1. The van der Waals surface area contributed by atoms with Crippen LogP contribution >= 0.6 is 11.3 Å². The fraction of sp³-hybridized carbons (Fsp3) is 0.400. The first-order chi connectivity index (χ1) is 6.13. The van der Waals surface area contributed by atoms with Crippen molar-refractivity contribution in [2.24, 2.45) is 0 Å². The quantitative estimate of drug-likeness (QED) is 0.548. The average molecular weight is 196 g/mol. The van der Waals surface area contributed by atoms with Crippen molar-refractivity contribution in [3.63, 3.8) is 0 Å². The van der Waals surface area contributed by atoms with E-state index in [1.165, 1.54) is 11.3 Å². The summed E-state index contributed by atoms with van der Waals surface area (Å²) < 4.78 is 0. The summed E-state index contributed by atoms with van der Waals surface area (Å²) in [6.45, 7) is 3.72. The molecular formula is C10H12O2S. The number of thiophene rings is 1. The Labute approximate surface area is 81.6 Å². The van der Waals surface area contributed by atoms with Crippen LogP contribution < -0.4 is 0 Å². The van der Waals surface area contributed by atoms with Crippen LogP contribution in [0.3, 0.4) is 0 Å². The van der Waals surface area contributed by atoms with Crippen LogP contribution in [0.2, 0.25) is 0 Å². The van der Waals surface area contributed by atoms with Gasteiger partial charge in [0.2, 0.25) is 0 Å². The Morgan fingerprint density at radius 3 is 2.54 bits per heavy atom. The molecule has 0 radical (unpaired) electrons. The molecule has 0 bridgehead atoms. The first-order valence-electron chi connectivity index (χ1n) is 4.24. The summed E-state index contributed by atoms with van der Waals surface area (Å²) in [5, 5.41) is 0. The molecule has 0 aromatic carbocycles. The lowest BCUT2D eigenvalue weighted by molar-refractivity contribution is -0.117. The zero-order valence-electron chi connectivity index (χ0n) is 7.79. The highest BCUT2D eigenvalue weighted by atomic mass is 32.1. The number of carbonyl (C=O) groups excluding carboxylic acids is 2. The van der Waals surface area contributed by atoms with Gasteiger partial charge >= 0.3 is 0 Å². The van der Waals surface area contributed by atoms with Crippen molar-refractivity contribution in [3.8, 4) is 0 Å². The fourth-order valence-electron chi connectivity index (χ4n) is 0.976. The summed E-state index contributed by atoms with van der Waals surface area (Å²) in [4.78, 5) is 24.2. The Balaban J connectivity index is 2.64. The van der Waals surface area contributed by atoms with Crippen LogP contribution in [-0.2, 0) is 4.79 Å². The van der Waals surface area contributed by atoms with Gasteiger partial charge in [-0.1, -0.05) is 6.92 Å². The maximum absolute atomic E-state index is 11.4. The molecule has 0 N–H and O–H groups in total. The first kappa shape index (κ1) is 10.1. The number of hydrogen-bond acceptors (Lipinski definition) is 3. The van der Waals surface area contributed by atoms with Gasteiger partial charge in [-0.25, -0.2) is 0 Å². The van der Waals surface area contributed by atoms with E-state index in [0.717, 1.165) is 4.88 Å². The second kappa shape index (κ2) is 4.33. The van der Waals surface area contributed by atoms with Gasteiger partial charge in [0.25, 0.3) is 0 Å². The van der Waals surface area contributed by atoms with Crippen LogP contribution in [0.15, 0.2) is 12.1 Å². The highest BCUT2D eigenvalue weighted by molar-refractivity contribution is 7.14. The molecule has 0 aliphatic rings. The SMILES string of the molecule is CCC(=O)CC(=O)c1ccc(C)s1. The lowest BCUT2D eigenvalue weighted by Gasteiger charge is -1.93. The molecule has 70 valence electrons. The Morgan fingerprint density at radius 2 is 2.08 bits per heavy atom. The third-order valence-electron chi connectivity index (χ3n) is 1.77. The predicted molar refractivity (Wildman–Crippen MR) is 53.3 cm³/mol. The maximum Gasteiger partial charge on any atom is 0.180 e. The van der Waals surface area contributed by atoms with Gasteiger partial charge in [0.15, 0.2) is 5.78 Å². The molecule has 0 aliphatic heterocycles. The molecule has 0 fully saturated rings. The largest absolute Gasteiger partial charge is 0.299 e. The van der Waals surface area contributed by atoms with Crippen LogP contribution in [0.25, 0.3) is 0 Å². The number of carbonyl (C=O) groups is 2. The van der Waals surface area contributed by atoms with Crippen LogP contribution in [-0.4, -0.2) is 11.6 Å². The van der Waals surface area contributed by atoms with Gasteiger partial charge < -0.3 is 0 Å². The van der Waals surface area contributed by atoms with Gasteiger partial charge in [0.05, 0.1) is 11.3 Å². The Kier molecular flexibility index (Phi) is 3.37. The van der Waals surface area contributed by atoms with Crippen molar-refractivity contribution in [2.75, 3.05) is 0 Å². The molecule has 1 aromatic rings. The number of ketones is 2. The van der Waals surface area contributed by atoms with Gasteiger partial charge in [-0.3, -0.25) is 9.59 Å². The van der Waals surface area contributed by atoms with E-state index in [0.29, 0.717) is 11.3 Å². The Bertz CT molecular complexity index is 325. The van der Waals surface area contributed by atoms with Gasteiger partial charge in [-0.2, -0.15) is 0 Å². The van der Waals surface area contributed by atoms with Crippen LogP contribution in [0.5, 0.6) is 0 Å². The van der Waals surface area contributed by atoms with Gasteiger partial charge in [0, 0.05) is 11.3 Å². The molecular weight excluding hydrogens is 184 g/mol. The second-order valence-corrected chi connectivity index (χ2v) is 4.19. The summed E-state index contributed by atoms with van der Waals surface area (Å²) in [7, 11) is 0. The summed E-state index contributed by atoms with van der Waals surface area (Å²) in [5.41, 5.74) is 0. The molecule has 1 rings (SSSR count). The smallest absolute Gasteiger partial charge is 0.180 e. The Morgan fingerprint density at radius 1 is 1.38 bits per heavy atom. The van der Waals surface area contributed by atoms with Crippen molar-refractivity contribution >= 4 is 22.9 Å². The standard InChI is InChI=1S/C10H12O2S/c1-3-8(11)6-9(12)10-5-4-7(2)13-10/h4-5H,3,6H2,1-2H3. The molecule has 0 spiro atoms. The molecule has 0 saturated carbocycles. The minimum absolute atomic E-state index is 0.0102. The van der Waals surface area contributed by atoms with Crippen molar-refractivity contribution in [2.45, 2.75) is 26.7 Å². The number of hydrogen-bond donors (Lipinski definition) is 0. The highest BCUT2D eigenvalue weighted by Crippen LogP contribution is 2.16. The van der Waals surface area contributed by atoms with Crippen molar-refractivity contribution in [1.82, 2.24) is 0 Å². The van der Waals surface area contributed by atoms with E-state index in [4.69, 9.17) is 0 Å². The molecule has 1 aromatic heterocycles. The minimum atomic E-state index is -0.0510. The summed E-state index contributed by atoms with van der Waals surface area (Å²) >= 11 is 1.45. The third kappa shape index (κ3) is 2.77.